The summed E-state index contributed by atoms with van der Waals surface area (Å²) in [5, 5.41) is 12.8. The Morgan fingerprint density at radius 1 is 1.33 bits per heavy atom. The molecule has 0 bridgehead atoms. The van der Waals surface area contributed by atoms with Gasteiger partial charge in [-0.25, -0.2) is 4.98 Å². The maximum atomic E-state index is 5.82. The van der Waals surface area contributed by atoms with E-state index in [0.29, 0.717) is 16.6 Å². The highest BCUT2D eigenvalue weighted by molar-refractivity contribution is 7.09. The first-order chi connectivity index (χ1) is 8.79. The molecular formula is C10H9ClN6S. The fourth-order valence-electron chi connectivity index (χ4n) is 1.71. The van der Waals surface area contributed by atoms with Crippen molar-refractivity contribution in [2.45, 2.75) is 19.8 Å². The van der Waals surface area contributed by atoms with Gasteiger partial charge >= 0.3 is 0 Å². The second kappa shape index (κ2) is 4.58. The number of nitrogens with zero attached hydrogens (tertiary/aromatic N) is 6. The van der Waals surface area contributed by atoms with Gasteiger partial charge in [0.2, 0.25) is 0 Å². The Balaban J connectivity index is 2.16. The second-order valence-corrected chi connectivity index (χ2v) is 4.90. The lowest BCUT2D eigenvalue weighted by Crippen LogP contribution is -1.93. The highest BCUT2D eigenvalue weighted by Crippen LogP contribution is 2.25. The standard InChI is InChI=1S/C10H9ClN6S/c1-2-3-6-9(18-16-13-6)10-15-14-8-4-7(11)12-5-17(8)10/h4-5H,2-3H2,1H3. The Morgan fingerprint density at radius 3 is 3.06 bits per heavy atom. The minimum atomic E-state index is 0.401. The molecule has 8 heteroatoms. The quantitative estimate of drug-likeness (QED) is 0.688. The van der Waals surface area contributed by atoms with Crippen molar-refractivity contribution in [2.75, 3.05) is 0 Å². The Morgan fingerprint density at radius 2 is 2.22 bits per heavy atom. The van der Waals surface area contributed by atoms with Gasteiger partial charge < -0.3 is 0 Å². The molecule has 0 saturated carbocycles. The minimum Gasteiger partial charge on any atom is -0.264 e. The van der Waals surface area contributed by atoms with E-state index in [1.165, 1.54) is 11.5 Å². The van der Waals surface area contributed by atoms with Crippen molar-refractivity contribution in [3.63, 3.8) is 0 Å². The van der Waals surface area contributed by atoms with Crippen LogP contribution in [-0.4, -0.2) is 29.2 Å². The van der Waals surface area contributed by atoms with Crippen molar-refractivity contribution < 1.29 is 0 Å². The molecule has 3 aromatic heterocycles. The number of aromatic nitrogens is 6. The first-order valence-electron chi connectivity index (χ1n) is 5.47. The summed E-state index contributed by atoms with van der Waals surface area (Å²) >= 11 is 7.14. The minimum absolute atomic E-state index is 0.401. The summed E-state index contributed by atoms with van der Waals surface area (Å²) in [5.41, 5.74) is 1.62. The molecule has 0 radical (unpaired) electrons. The normalized spacial score (nSPS) is 11.2. The summed E-state index contributed by atoms with van der Waals surface area (Å²) in [6.07, 6.45) is 3.50. The van der Waals surface area contributed by atoms with Crippen LogP contribution in [0.15, 0.2) is 12.4 Å². The van der Waals surface area contributed by atoms with Crippen LogP contribution in [0.3, 0.4) is 0 Å². The fraction of sp³-hybridized carbons (Fsp3) is 0.300. The number of hydrogen-bond donors (Lipinski definition) is 0. The Hall–Kier alpha value is -1.60. The third kappa shape index (κ3) is 1.85. The molecule has 0 N–H and O–H groups in total. The zero-order valence-electron chi connectivity index (χ0n) is 9.54. The van der Waals surface area contributed by atoms with Crippen molar-refractivity contribution in [1.82, 2.24) is 29.2 Å². The molecule has 0 fully saturated rings. The molecule has 0 aliphatic heterocycles. The van der Waals surface area contributed by atoms with Gasteiger partial charge in [0.1, 0.15) is 16.4 Å². The van der Waals surface area contributed by atoms with E-state index < -0.39 is 0 Å². The van der Waals surface area contributed by atoms with Gasteiger partial charge in [0, 0.05) is 6.07 Å². The molecule has 18 heavy (non-hydrogen) atoms. The zero-order valence-corrected chi connectivity index (χ0v) is 11.1. The number of hydrogen-bond acceptors (Lipinski definition) is 6. The second-order valence-electron chi connectivity index (χ2n) is 3.76. The Bertz CT molecular complexity index is 691. The largest absolute Gasteiger partial charge is 0.264 e. The van der Waals surface area contributed by atoms with Gasteiger partial charge in [-0.15, -0.1) is 15.3 Å². The fourth-order valence-corrected chi connectivity index (χ4v) is 2.54. The van der Waals surface area contributed by atoms with Crippen LogP contribution >= 0.6 is 23.1 Å². The lowest BCUT2D eigenvalue weighted by atomic mass is 10.2. The molecule has 0 saturated heterocycles. The smallest absolute Gasteiger partial charge is 0.183 e. The van der Waals surface area contributed by atoms with Gasteiger partial charge in [-0.05, 0) is 18.0 Å². The molecule has 0 atom stereocenters. The van der Waals surface area contributed by atoms with Gasteiger partial charge in [-0.3, -0.25) is 4.40 Å². The van der Waals surface area contributed by atoms with Crippen LogP contribution < -0.4 is 0 Å². The highest BCUT2D eigenvalue weighted by Gasteiger charge is 2.16. The van der Waals surface area contributed by atoms with E-state index in [-0.39, 0.29) is 0 Å². The van der Waals surface area contributed by atoms with Crippen LogP contribution in [0, 0.1) is 0 Å². The molecule has 0 aromatic carbocycles. The van der Waals surface area contributed by atoms with Crippen molar-refractivity contribution in [3.05, 3.63) is 23.2 Å². The molecular weight excluding hydrogens is 272 g/mol. The van der Waals surface area contributed by atoms with Crippen molar-refractivity contribution in [2.24, 2.45) is 0 Å². The van der Waals surface area contributed by atoms with E-state index in [2.05, 4.69) is 31.7 Å². The lowest BCUT2D eigenvalue weighted by molar-refractivity contribution is 0.868. The van der Waals surface area contributed by atoms with Crippen molar-refractivity contribution in [3.8, 4) is 10.7 Å². The highest BCUT2D eigenvalue weighted by atomic mass is 35.5. The van der Waals surface area contributed by atoms with Crippen LogP contribution in [0.5, 0.6) is 0 Å². The van der Waals surface area contributed by atoms with Gasteiger partial charge in [0.05, 0.1) is 5.69 Å². The zero-order chi connectivity index (χ0) is 12.5. The SMILES string of the molecule is CCCc1nnsc1-c1nnc2cc(Cl)ncn12. The average Bonchev–Trinajstić information content (AvgIpc) is 2.95. The topological polar surface area (TPSA) is 68.9 Å². The van der Waals surface area contributed by atoms with Gasteiger partial charge in [0.25, 0.3) is 0 Å². The van der Waals surface area contributed by atoms with Crippen LogP contribution in [0.1, 0.15) is 19.0 Å². The number of rotatable bonds is 3. The Kier molecular flexibility index (Phi) is 2.92. The summed E-state index contributed by atoms with van der Waals surface area (Å²) in [4.78, 5) is 4.98. The van der Waals surface area contributed by atoms with E-state index in [4.69, 9.17) is 11.6 Å². The number of aryl methyl sites for hydroxylation is 1. The molecule has 3 rings (SSSR count). The molecule has 0 aliphatic carbocycles. The maximum Gasteiger partial charge on any atom is 0.183 e. The molecule has 0 aliphatic rings. The van der Waals surface area contributed by atoms with E-state index in [1.54, 1.807) is 16.8 Å². The number of fused-ring (bicyclic) bond motifs is 1. The summed E-state index contributed by atoms with van der Waals surface area (Å²) in [5.74, 6) is 0.715. The average molecular weight is 281 g/mol. The maximum absolute atomic E-state index is 5.82. The van der Waals surface area contributed by atoms with Crippen molar-refractivity contribution >= 4 is 28.8 Å². The summed E-state index contributed by atoms with van der Waals surface area (Å²) < 4.78 is 5.78. The van der Waals surface area contributed by atoms with Crippen LogP contribution in [0.4, 0.5) is 0 Å². The predicted molar refractivity (Wildman–Crippen MR) is 68.7 cm³/mol. The van der Waals surface area contributed by atoms with E-state index in [1.807, 2.05) is 0 Å². The van der Waals surface area contributed by atoms with Crippen LogP contribution in [-0.2, 0) is 6.42 Å². The van der Waals surface area contributed by atoms with E-state index >= 15 is 0 Å². The van der Waals surface area contributed by atoms with E-state index in [0.717, 1.165) is 23.4 Å². The number of halogens is 1. The molecule has 3 heterocycles. The lowest BCUT2D eigenvalue weighted by Gasteiger charge is -1.98. The molecule has 92 valence electrons. The molecule has 0 amide bonds. The summed E-state index contributed by atoms with van der Waals surface area (Å²) in [6.45, 7) is 2.10. The van der Waals surface area contributed by atoms with Gasteiger partial charge in [-0.1, -0.05) is 29.4 Å². The third-order valence-electron chi connectivity index (χ3n) is 2.51. The van der Waals surface area contributed by atoms with Crippen LogP contribution in [0.2, 0.25) is 5.15 Å². The monoisotopic (exact) mass is 280 g/mol. The van der Waals surface area contributed by atoms with Gasteiger partial charge in [-0.2, -0.15) is 0 Å². The summed E-state index contributed by atoms with van der Waals surface area (Å²) in [7, 11) is 0. The van der Waals surface area contributed by atoms with Crippen molar-refractivity contribution in [1.29, 1.82) is 0 Å². The molecule has 3 aromatic rings. The predicted octanol–water partition coefficient (Wildman–Crippen LogP) is 2.25. The Labute approximate surface area is 112 Å². The molecule has 0 spiro atoms. The first kappa shape index (κ1) is 11.5. The summed E-state index contributed by atoms with van der Waals surface area (Å²) in [6, 6.07) is 1.67. The van der Waals surface area contributed by atoms with Gasteiger partial charge in [0.15, 0.2) is 11.5 Å². The van der Waals surface area contributed by atoms with Crippen LogP contribution in [0.25, 0.3) is 16.3 Å². The molecule has 6 nitrogen and oxygen atoms in total. The first-order valence-corrected chi connectivity index (χ1v) is 6.62. The van der Waals surface area contributed by atoms with E-state index in [9.17, 15) is 0 Å². The third-order valence-corrected chi connectivity index (χ3v) is 3.48. The molecule has 0 unspecified atom stereocenters.